The summed E-state index contributed by atoms with van der Waals surface area (Å²) >= 11 is 0. The number of hydrogen-bond acceptors (Lipinski definition) is 5. The summed E-state index contributed by atoms with van der Waals surface area (Å²) in [6, 6.07) is 7.95. The van der Waals surface area contributed by atoms with E-state index in [0.29, 0.717) is 18.9 Å². The number of carbonyl (C=O) groups is 1. The zero-order valence-corrected chi connectivity index (χ0v) is 14.8. The molecule has 1 N–H and O–H groups in total. The Morgan fingerprint density at radius 1 is 1.15 bits per heavy atom. The minimum atomic E-state index is 0.0435. The van der Waals surface area contributed by atoms with Crippen LogP contribution in [0.25, 0.3) is 0 Å². The molecule has 2 aliphatic rings. The molecule has 136 valence electrons. The van der Waals surface area contributed by atoms with E-state index in [1.165, 1.54) is 5.56 Å². The SMILES string of the molecule is O=C(C[C@@H]1C[C@H]2CN(Cc3ccncc3)C[C@H]2O1)NCc1cccnc1. The molecule has 0 saturated carbocycles. The summed E-state index contributed by atoms with van der Waals surface area (Å²) in [5.74, 6) is 0.584. The normalized spacial score (nSPS) is 25.2. The van der Waals surface area contributed by atoms with Crippen LogP contribution in [0.4, 0.5) is 0 Å². The fourth-order valence-electron chi connectivity index (χ4n) is 3.94. The molecule has 0 spiro atoms. The number of likely N-dealkylation sites (tertiary alicyclic amines) is 1. The lowest BCUT2D eigenvalue weighted by atomic mass is 10.0. The lowest BCUT2D eigenvalue weighted by Crippen LogP contribution is -2.29. The number of ether oxygens (including phenoxy) is 1. The summed E-state index contributed by atoms with van der Waals surface area (Å²) in [5.41, 5.74) is 2.29. The van der Waals surface area contributed by atoms with Gasteiger partial charge in [-0.3, -0.25) is 19.7 Å². The van der Waals surface area contributed by atoms with E-state index in [-0.39, 0.29) is 18.1 Å². The monoisotopic (exact) mass is 352 g/mol. The van der Waals surface area contributed by atoms with Crippen LogP contribution in [0.2, 0.25) is 0 Å². The van der Waals surface area contributed by atoms with E-state index in [9.17, 15) is 4.79 Å². The minimum Gasteiger partial charge on any atom is -0.373 e. The number of aromatic nitrogens is 2. The molecule has 4 heterocycles. The molecule has 0 bridgehead atoms. The lowest BCUT2D eigenvalue weighted by molar-refractivity contribution is -0.124. The standard InChI is InChI=1S/C20H24N4O2/c25-20(23-11-16-2-1-5-22-10-16)9-18-8-17-13-24(14-19(17)26-18)12-15-3-6-21-7-4-15/h1-7,10,17-19H,8-9,11-14H2,(H,23,25)/t17-,18-,19+/m0/s1. The van der Waals surface area contributed by atoms with Gasteiger partial charge in [0.05, 0.1) is 18.6 Å². The van der Waals surface area contributed by atoms with Gasteiger partial charge in [-0.15, -0.1) is 0 Å². The second kappa shape index (κ2) is 7.93. The van der Waals surface area contributed by atoms with Gasteiger partial charge in [-0.05, 0) is 35.7 Å². The fourth-order valence-corrected chi connectivity index (χ4v) is 3.94. The largest absolute Gasteiger partial charge is 0.373 e. The van der Waals surface area contributed by atoms with Crippen molar-refractivity contribution in [1.82, 2.24) is 20.2 Å². The second-order valence-corrected chi connectivity index (χ2v) is 7.18. The van der Waals surface area contributed by atoms with Crippen LogP contribution in [0.1, 0.15) is 24.0 Å². The third kappa shape index (κ3) is 4.26. The summed E-state index contributed by atoms with van der Waals surface area (Å²) in [6.07, 6.45) is 8.89. The number of amides is 1. The Bertz CT molecular complexity index is 711. The minimum absolute atomic E-state index is 0.0435. The number of fused-ring (bicyclic) bond motifs is 1. The van der Waals surface area contributed by atoms with Crippen LogP contribution < -0.4 is 5.32 Å². The maximum Gasteiger partial charge on any atom is 0.222 e. The van der Waals surface area contributed by atoms with Crippen molar-refractivity contribution in [3.05, 3.63) is 60.2 Å². The van der Waals surface area contributed by atoms with Gasteiger partial charge in [0.2, 0.25) is 5.91 Å². The number of hydrogen-bond donors (Lipinski definition) is 1. The summed E-state index contributed by atoms with van der Waals surface area (Å²) in [4.78, 5) is 22.7. The first-order valence-electron chi connectivity index (χ1n) is 9.18. The molecule has 2 fully saturated rings. The number of nitrogens with one attached hydrogen (secondary N) is 1. The summed E-state index contributed by atoms with van der Waals surface area (Å²) in [5, 5.41) is 2.96. The first-order chi connectivity index (χ1) is 12.8. The Morgan fingerprint density at radius 2 is 2.04 bits per heavy atom. The van der Waals surface area contributed by atoms with Crippen LogP contribution in [0.3, 0.4) is 0 Å². The van der Waals surface area contributed by atoms with Crippen molar-refractivity contribution in [1.29, 1.82) is 0 Å². The Kier molecular flexibility index (Phi) is 5.22. The smallest absolute Gasteiger partial charge is 0.222 e. The predicted octanol–water partition coefficient (Wildman–Crippen LogP) is 1.77. The van der Waals surface area contributed by atoms with Crippen molar-refractivity contribution in [3.63, 3.8) is 0 Å². The lowest BCUT2D eigenvalue weighted by Gasteiger charge is -2.19. The van der Waals surface area contributed by atoms with Gasteiger partial charge in [-0.1, -0.05) is 6.07 Å². The van der Waals surface area contributed by atoms with Crippen molar-refractivity contribution in [2.24, 2.45) is 5.92 Å². The molecule has 6 heteroatoms. The molecule has 3 atom stereocenters. The fraction of sp³-hybridized carbons (Fsp3) is 0.450. The van der Waals surface area contributed by atoms with Gasteiger partial charge in [0.1, 0.15) is 0 Å². The van der Waals surface area contributed by atoms with E-state index in [0.717, 1.165) is 31.6 Å². The topological polar surface area (TPSA) is 67.4 Å². The summed E-state index contributed by atoms with van der Waals surface area (Å²) in [6.45, 7) is 3.45. The molecule has 2 aromatic heterocycles. The van der Waals surface area contributed by atoms with Crippen LogP contribution in [-0.4, -0.2) is 46.1 Å². The Hall–Kier alpha value is -2.31. The molecule has 0 radical (unpaired) electrons. The third-order valence-electron chi connectivity index (χ3n) is 5.17. The quantitative estimate of drug-likeness (QED) is 0.858. The molecule has 0 unspecified atom stereocenters. The third-order valence-corrected chi connectivity index (χ3v) is 5.17. The highest BCUT2D eigenvalue weighted by Gasteiger charge is 2.42. The van der Waals surface area contributed by atoms with E-state index in [2.05, 4.69) is 32.3 Å². The predicted molar refractivity (Wildman–Crippen MR) is 97.0 cm³/mol. The second-order valence-electron chi connectivity index (χ2n) is 7.18. The number of carbonyl (C=O) groups excluding carboxylic acids is 1. The van der Waals surface area contributed by atoms with E-state index >= 15 is 0 Å². The highest BCUT2D eigenvalue weighted by atomic mass is 16.5. The van der Waals surface area contributed by atoms with E-state index in [1.807, 2.05) is 24.5 Å². The summed E-state index contributed by atoms with van der Waals surface area (Å²) < 4.78 is 6.15. The van der Waals surface area contributed by atoms with E-state index in [4.69, 9.17) is 4.74 Å². The van der Waals surface area contributed by atoms with Gasteiger partial charge in [0.25, 0.3) is 0 Å². The number of rotatable bonds is 6. The first kappa shape index (κ1) is 17.1. The van der Waals surface area contributed by atoms with Crippen LogP contribution >= 0.6 is 0 Å². The molecular weight excluding hydrogens is 328 g/mol. The first-order valence-corrected chi connectivity index (χ1v) is 9.18. The molecule has 0 aliphatic carbocycles. The van der Waals surface area contributed by atoms with Gasteiger partial charge in [-0.25, -0.2) is 0 Å². The molecular formula is C20H24N4O2. The Morgan fingerprint density at radius 3 is 2.81 bits per heavy atom. The van der Waals surface area contributed by atoms with Crippen LogP contribution in [0, 0.1) is 5.92 Å². The zero-order valence-electron chi connectivity index (χ0n) is 14.8. The van der Waals surface area contributed by atoms with Gasteiger partial charge in [0, 0.05) is 56.9 Å². The molecule has 2 saturated heterocycles. The van der Waals surface area contributed by atoms with Gasteiger partial charge in [-0.2, -0.15) is 0 Å². The number of pyridine rings is 2. The molecule has 0 aromatic carbocycles. The van der Waals surface area contributed by atoms with Crippen LogP contribution in [0.5, 0.6) is 0 Å². The van der Waals surface area contributed by atoms with Gasteiger partial charge in [0.15, 0.2) is 0 Å². The molecule has 2 aromatic rings. The zero-order chi connectivity index (χ0) is 17.8. The molecule has 4 rings (SSSR count). The highest BCUT2D eigenvalue weighted by Crippen LogP contribution is 2.34. The van der Waals surface area contributed by atoms with Crippen molar-refractivity contribution in [2.45, 2.75) is 38.1 Å². The Labute approximate surface area is 153 Å². The van der Waals surface area contributed by atoms with Gasteiger partial charge < -0.3 is 10.1 Å². The number of nitrogens with zero attached hydrogens (tertiary/aromatic N) is 3. The van der Waals surface area contributed by atoms with E-state index < -0.39 is 0 Å². The van der Waals surface area contributed by atoms with Crippen molar-refractivity contribution in [2.75, 3.05) is 13.1 Å². The molecule has 6 nitrogen and oxygen atoms in total. The summed E-state index contributed by atoms with van der Waals surface area (Å²) in [7, 11) is 0. The van der Waals surface area contributed by atoms with Crippen LogP contribution in [0.15, 0.2) is 49.1 Å². The average Bonchev–Trinajstić information content (AvgIpc) is 3.19. The maximum absolute atomic E-state index is 12.2. The van der Waals surface area contributed by atoms with Crippen molar-refractivity contribution >= 4 is 5.91 Å². The molecule has 1 amide bonds. The van der Waals surface area contributed by atoms with Gasteiger partial charge >= 0.3 is 0 Å². The highest BCUT2D eigenvalue weighted by molar-refractivity contribution is 5.76. The van der Waals surface area contributed by atoms with Crippen molar-refractivity contribution in [3.8, 4) is 0 Å². The molecule has 26 heavy (non-hydrogen) atoms. The van der Waals surface area contributed by atoms with Crippen molar-refractivity contribution < 1.29 is 9.53 Å². The maximum atomic E-state index is 12.2. The Balaban J connectivity index is 1.20. The molecule has 2 aliphatic heterocycles. The average molecular weight is 352 g/mol. The van der Waals surface area contributed by atoms with E-state index in [1.54, 1.807) is 12.4 Å². The van der Waals surface area contributed by atoms with Crippen LogP contribution in [-0.2, 0) is 22.6 Å².